The zero-order valence-electron chi connectivity index (χ0n) is 10.5. The van der Waals surface area contributed by atoms with Gasteiger partial charge in [-0.1, -0.05) is 6.07 Å². The summed E-state index contributed by atoms with van der Waals surface area (Å²) in [6.45, 7) is 1.68. The van der Waals surface area contributed by atoms with Gasteiger partial charge in [0.25, 0.3) is 0 Å². The van der Waals surface area contributed by atoms with Crippen molar-refractivity contribution in [3.8, 4) is 10.7 Å². The third-order valence-electron chi connectivity index (χ3n) is 2.46. The Morgan fingerprint density at radius 1 is 1.53 bits per heavy atom. The Morgan fingerprint density at radius 2 is 2.37 bits per heavy atom. The lowest BCUT2D eigenvalue weighted by Gasteiger charge is -2.09. The lowest BCUT2D eigenvalue weighted by Crippen LogP contribution is -2.36. The molecule has 2 aromatic rings. The minimum atomic E-state index is -0.235. The van der Waals surface area contributed by atoms with Gasteiger partial charge >= 0.3 is 0 Å². The molecule has 2 N–H and O–H groups in total. The second-order valence-corrected chi connectivity index (χ2v) is 5.04. The van der Waals surface area contributed by atoms with E-state index in [4.69, 9.17) is 5.11 Å². The smallest absolute Gasteiger partial charge is 0.226 e. The fourth-order valence-corrected chi connectivity index (χ4v) is 2.33. The first kappa shape index (κ1) is 13.6. The molecule has 0 radical (unpaired) electrons. The maximum Gasteiger partial charge on any atom is 0.226 e. The molecule has 0 spiro atoms. The maximum atomic E-state index is 11.7. The van der Waals surface area contributed by atoms with E-state index in [-0.39, 0.29) is 25.0 Å². The Balaban J connectivity index is 2.00. The highest BCUT2D eigenvalue weighted by atomic mass is 32.1. The van der Waals surface area contributed by atoms with Gasteiger partial charge in [0.15, 0.2) is 0 Å². The SMILES string of the molecule is C[C@H](CO)NC(=O)Cc1csc(-c2ccccn2)n1. The van der Waals surface area contributed by atoms with Gasteiger partial charge in [-0.15, -0.1) is 11.3 Å². The molecule has 0 fully saturated rings. The van der Waals surface area contributed by atoms with Crippen LogP contribution in [-0.2, 0) is 11.2 Å². The van der Waals surface area contributed by atoms with Crippen molar-refractivity contribution < 1.29 is 9.90 Å². The molecule has 1 atom stereocenters. The molecule has 0 aliphatic rings. The van der Waals surface area contributed by atoms with Gasteiger partial charge in [-0.3, -0.25) is 9.78 Å². The van der Waals surface area contributed by atoms with Gasteiger partial charge in [0.1, 0.15) is 5.01 Å². The van der Waals surface area contributed by atoms with Crippen LogP contribution in [0, 0.1) is 0 Å². The topological polar surface area (TPSA) is 75.1 Å². The molecule has 100 valence electrons. The molecule has 0 aromatic carbocycles. The Morgan fingerprint density at radius 3 is 3.05 bits per heavy atom. The standard InChI is InChI=1S/C13H15N3O2S/c1-9(7-17)15-12(18)6-10-8-19-13(16-10)11-4-2-3-5-14-11/h2-5,8-9,17H,6-7H2,1H3,(H,15,18)/t9-/m1/s1. The van der Waals surface area contributed by atoms with E-state index >= 15 is 0 Å². The van der Waals surface area contributed by atoms with Crippen LogP contribution in [-0.4, -0.2) is 33.6 Å². The van der Waals surface area contributed by atoms with E-state index in [9.17, 15) is 4.79 Å². The summed E-state index contributed by atoms with van der Waals surface area (Å²) < 4.78 is 0. The monoisotopic (exact) mass is 277 g/mol. The average Bonchev–Trinajstić information content (AvgIpc) is 2.88. The minimum absolute atomic E-state index is 0.0675. The van der Waals surface area contributed by atoms with Crippen LogP contribution < -0.4 is 5.32 Å². The molecule has 2 heterocycles. The van der Waals surface area contributed by atoms with Crippen molar-refractivity contribution in [2.45, 2.75) is 19.4 Å². The van der Waals surface area contributed by atoms with Crippen LogP contribution in [0.2, 0.25) is 0 Å². The quantitative estimate of drug-likeness (QED) is 0.862. The number of rotatable bonds is 5. The van der Waals surface area contributed by atoms with Gasteiger partial charge in [-0.2, -0.15) is 0 Å². The molecular weight excluding hydrogens is 262 g/mol. The van der Waals surface area contributed by atoms with Gasteiger partial charge in [0.2, 0.25) is 5.91 Å². The highest BCUT2D eigenvalue weighted by Gasteiger charge is 2.11. The van der Waals surface area contributed by atoms with Crippen molar-refractivity contribution in [2.24, 2.45) is 0 Å². The van der Waals surface area contributed by atoms with Crippen LogP contribution in [0.25, 0.3) is 10.7 Å². The van der Waals surface area contributed by atoms with E-state index in [1.165, 1.54) is 11.3 Å². The highest BCUT2D eigenvalue weighted by Crippen LogP contribution is 2.21. The summed E-state index contributed by atoms with van der Waals surface area (Å²) in [5, 5.41) is 14.2. The van der Waals surface area contributed by atoms with Gasteiger partial charge in [-0.25, -0.2) is 4.98 Å². The zero-order valence-corrected chi connectivity index (χ0v) is 11.4. The van der Waals surface area contributed by atoms with Crippen LogP contribution in [0.4, 0.5) is 0 Å². The predicted octanol–water partition coefficient (Wildman–Crippen LogP) is 1.24. The molecule has 6 heteroatoms. The maximum absolute atomic E-state index is 11.7. The van der Waals surface area contributed by atoms with Crippen LogP contribution in [0.5, 0.6) is 0 Å². The Hall–Kier alpha value is -1.79. The number of nitrogens with zero attached hydrogens (tertiary/aromatic N) is 2. The summed E-state index contributed by atoms with van der Waals surface area (Å²) in [5.41, 5.74) is 1.52. The molecular formula is C13H15N3O2S. The number of pyridine rings is 1. The number of aliphatic hydroxyl groups is 1. The fourth-order valence-electron chi connectivity index (χ4n) is 1.53. The Kier molecular flexibility index (Phi) is 4.59. The molecule has 5 nitrogen and oxygen atoms in total. The van der Waals surface area contributed by atoms with E-state index < -0.39 is 0 Å². The molecule has 0 saturated carbocycles. The first-order valence-corrected chi connectivity index (χ1v) is 6.83. The second kappa shape index (κ2) is 6.40. The first-order valence-electron chi connectivity index (χ1n) is 5.95. The van der Waals surface area contributed by atoms with Gasteiger partial charge in [0.05, 0.1) is 24.4 Å². The molecule has 0 bridgehead atoms. The van der Waals surface area contributed by atoms with E-state index in [0.717, 1.165) is 10.7 Å². The average molecular weight is 277 g/mol. The summed E-state index contributed by atoms with van der Waals surface area (Å²) in [7, 11) is 0. The molecule has 1 amide bonds. The Labute approximate surface area is 115 Å². The van der Waals surface area contributed by atoms with Crippen LogP contribution >= 0.6 is 11.3 Å². The third kappa shape index (κ3) is 3.84. The lowest BCUT2D eigenvalue weighted by atomic mass is 10.3. The number of thiazole rings is 1. The molecule has 0 saturated heterocycles. The number of carbonyl (C=O) groups is 1. The molecule has 19 heavy (non-hydrogen) atoms. The van der Waals surface area contributed by atoms with Crippen molar-refractivity contribution in [3.63, 3.8) is 0 Å². The fraction of sp³-hybridized carbons (Fsp3) is 0.308. The van der Waals surface area contributed by atoms with Gasteiger partial charge < -0.3 is 10.4 Å². The van der Waals surface area contributed by atoms with Crippen molar-refractivity contribution in [1.82, 2.24) is 15.3 Å². The highest BCUT2D eigenvalue weighted by molar-refractivity contribution is 7.13. The normalized spacial score (nSPS) is 12.1. The van der Waals surface area contributed by atoms with Gasteiger partial charge in [0, 0.05) is 17.6 Å². The van der Waals surface area contributed by atoms with E-state index in [0.29, 0.717) is 5.69 Å². The number of hydrogen-bond donors (Lipinski definition) is 2. The zero-order chi connectivity index (χ0) is 13.7. The number of hydrogen-bond acceptors (Lipinski definition) is 5. The van der Waals surface area contributed by atoms with Crippen molar-refractivity contribution >= 4 is 17.2 Å². The number of nitrogens with one attached hydrogen (secondary N) is 1. The van der Waals surface area contributed by atoms with Crippen molar-refractivity contribution in [1.29, 1.82) is 0 Å². The van der Waals surface area contributed by atoms with Crippen LogP contribution in [0.3, 0.4) is 0 Å². The minimum Gasteiger partial charge on any atom is -0.394 e. The number of aliphatic hydroxyl groups excluding tert-OH is 1. The predicted molar refractivity (Wildman–Crippen MR) is 73.7 cm³/mol. The first-order chi connectivity index (χ1) is 9.19. The number of amides is 1. The number of carbonyl (C=O) groups excluding carboxylic acids is 1. The largest absolute Gasteiger partial charge is 0.394 e. The van der Waals surface area contributed by atoms with Crippen molar-refractivity contribution in [3.05, 3.63) is 35.5 Å². The van der Waals surface area contributed by atoms with Crippen molar-refractivity contribution in [2.75, 3.05) is 6.61 Å². The van der Waals surface area contributed by atoms with Crippen LogP contribution in [0.1, 0.15) is 12.6 Å². The number of aromatic nitrogens is 2. The van der Waals surface area contributed by atoms with E-state index in [2.05, 4.69) is 15.3 Å². The van der Waals surface area contributed by atoms with E-state index in [1.54, 1.807) is 13.1 Å². The van der Waals surface area contributed by atoms with Gasteiger partial charge in [-0.05, 0) is 19.1 Å². The molecule has 0 aliphatic heterocycles. The molecule has 2 rings (SSSR count). The van der Waals surface area contributed by atoms with E-state index in [1.807, 2.05) is 23.6 Å². The summed E-state index contributed by atoms with van der Waals surface area (Å²) in [5.74, 6) is -0.139. The lowest BCUT2D eigenvalue weighted by molar-refractivity contribution is -0.121. The summed E-state index contributed by atoms with van der Waals surface area (Å²) in [6.07, 6.45) is 1.93. The second-order valence-electron chi connectivity index (χ2n) is 4.19. The summed E-state index contributed by atoms with van der Waals surface area (Å²) >= 11 is 1.47. The summed E-state index contributed by atoms with van der Waals surface area (Å²) in [4.78, 5) is 20.3. The molecule has 2 aromatic heterocycles. The Bertz CT molecular complexity index is 542. The molecule has 0 aliphatic carbocycles. The van der Waals surface area contributed by atoms with Crippen LogP contribution in [0.15, 0.2) is 29.8 Å². The third-order valence-corrected chi connectivity index (χ3v) is 3.37. The summed E-state index contributed by atoms with van der Waals surface area (Å²) in [6, 6.07) is 5.40. The molecule has 0 unspecified atom stereocenters.